The summed E-state index contributed by atoms with van der Waals surface area (Å²) in [6, 6.07) is -9.28. The standard InChI is InChI=1S/C31H50N12O12/c1-14(2)8-18(41-29(53)20(10-23(45)46)40-25(49)16(32)5-6-22(33)44)27(51)42-19(9-15-12-36-13-38-15)28(52)39-17(4-3-7-37-31(34)35)26(50)43-21(30(54)55)11-24(47)48/h12-14,16-21H,3-11,32H2,1-2H3,(H2,33,44)(H,36,38)(H,39,52)(H,40,49)(H,41,53)(H,42,51)(H,43,50)(H,45,46)(H,47,48)(H,54,55)(H4,34,35,37). The third kappa shape index (κ3) is 18.8. The quantitative estimate of drug-likeness (QED) is 0.0238. The highest BCUT2D eigenvalue weighted by molar-refractivity contribution is 5.97. The normalized spacial score (nSPS) is 14.1. The van der Waals surface area contributed by atoms with Crippen LogP contribution in [0.25, 0.3) is 0 Å². The Morgan fingerprint density at radius 1 is 0.727 bits per heavy atom. The Balaban J connectivity index is 3.38. The van der Waals surface area contributed by atoms with E-state index in [0.29, 0.717) is 5.69 Å². The first kappa shape index (κ1) is 46.7. The number of imidazole rings is 1. The molecule has 0 aliphatic rings. The number of aromatic nitrogens is 2. The highest BCUT2D eigenvalue weighted by atomic mass is 16.4. The Morgan fingerprint density at radius 2 is 1.24 bits per heavy atom. The van der Waals surface area contributed by atoms with Gasteiger partial charge < -0.3 is 69.8 Å². The zero-order valence-electron chi connectivity index (χ0n) is 30.3. The summed E-state index contributed by atoms with van der Waals surface area (Å²) in [7, 11) is 0. The molecule has 306 valence electrons. The van der Waals surface area contributed by atoms with Crippen LogP contribution in [-0.4, -0.2) is 127 Å². The lowest BCUT2D eigenvalue weighted by Gasteiger charge is -2.27. The number of hydrogen-bond acceptors (Lipinski definition) is 12. The maximum atomic E-state index is 13.8. The Hall–Kier alpha value is -6.33. The number of hydrogen-bond donors (Lipinski definition) is 13. The number of carboxylic acids is 3. The lowest BCUT2D eigenvalue weighted by atomic mass is 10.0. The van der Waals surface area contributed by atoms with Gasteiger partial charge in [-0.1, -0.05) is 13.8 Å². The SMILES string of the molecule is CC(C)CC(NC(=O)C(CC(=O)O)NC(=O)C(N)CCC(N)=O)C(=O)NC(Cc1cnc[nH]1)C(=O)NC(CCCN=C(N)N)C(=O)NC(CC(=O)O)C(=O)O. The van der Waals surface area contributed by atoms with E-state index in [1.165, 1.54) is 12.5 Å². The third-order valence-corrected chi connectivity index (χ3v) is 7.57. The zero-order valence-corrected chi connectivity index (χ0v) is 30.3. The first-order chi connectivity index (χ1) is 25.7. The summed E-state index contributed by atoms with van der Waals surface area (Å²) in [5, 5.41) is 39.6. The molecule has 6 amide bonds. The lowest BCUT2D eigenvalue weighted by molar-refractivity contribution is -0.147. The fourth-order valence-electron chi connectivity index (χ4n) is 4.86. The summed E-state index contributed by atoms with van der Waals surface area (Å²) in [6.07, 6.45) is -0.0937. The van der Waals surface area contributed by atoms with E-state index in [0.717, 1.165) is 0 Å². The van der Waals surface area contributed by atoms with Gasteiger partial charge in [0.25, 0.3) is 0 Å². The lowest BCUT2D eigenvalue weighted by Crippen LogP contribution is -2.60. The van der Waals surface area contributed by atoms with Gasteiger partial charge in [-0.25, -0.2) is 9.78 Å². The van der Waals surface area contributed by atoms with Gasteiger partial charge in [-0.05, 0) is 31.6 Å². The molecule has 1 aromatic heterocycles. The van der Waals surface area contributed by atoms with Gasteiger partial charge in [0.05, 0.1) is 25.2 Å². The molecule has 0 aromatic carbocycles. The van der Waals surface area contributed by atoms with Gasteiger partial charge >= 0.3 is 17.9 Å². The maximum absolute atomic E-state index is 13.8. The highest BCUT2D eigenvalue weighted by Gasteiger charge is 2.34. The fourth-order valence-corrected chi connectivity index (χ4v) is 4.86. The van der Waals surface area contributed by atoms with Crippen molar-refractivity contribution in [2.75, 3.05) is 6.54 Å². The number of nitrogens with two attached hydrogens (primary N) is 4. The third-order valence-electron chi connectivity index (χ3n) is 7.57. The molecule has 1 heterocycles. The smallest absolute Gasteiger partial charge is 0.326 e. The van der Waals surface area contributed by atoms with Crippen LogP contribution in [0.5, 0.6) is 0 Å². The van der Waals surface area contributed by atoms with Crippen molar-refractivity contribution in [3.63, 3.8) is 0 Å². The molecule has 0 saturated carbocycles. The molecule has 1 rings (SSSR count). The van der Waals surface area contributed by atoms with Gasteiger partial charge in [0.15, 0.2) is 5.96 Å². The number of aromatic amines is 1. The number of carbonyl (C=O) groups is 9. The molecule has 0 fully saturated rings. The number of nitrogens with one attached hydrogen (secondary N) is 6. The molecule has 0 saturated heterocycles. The molecular formula is C31H50N12O12. The van der Waals surface area contributed by atoms with Crippen LogP contribution in [-0.2, 0) is 49.6 Å². The van der Waals surface area contributed by atoms with E-state index >= 15 is 0 Å². The molecule has 1 aromatic rings. The molecule has 17 N–H and O–H groups in total. The minimum absolute atomic E-state index is 0.00695. The van der Waals surface area contributed by atoms with Crippen LogP contribution in [0.1, 0.15) is 64.5 Å². The molecule has 24 nitrogen and oxygen atoms in total. The topological polar surface area (TPSA) is 420 Å². The van der Waals surface area contributed by atoms with Crippen molar-refractivity contribution in [2.24, 2.45) is 33.8 Å². The van der Waals surface area contributed by atoms with Crippen LogP contribution >= 0.6 is 0 Å². The van der Waals surface area contributed by atoms with E-state index in [2.05, 4.69) is 41.5 Å². The molecule has 0 radical (unpaired) electrons. The van der Waals surface area contributed by atoms with E-state index in [1.807, 2.05) is 0 Å². The summed E-state index contributed by atoms with van der Waals surface area (Å²) >= 11 is 0. The average Bonchev–Trinajstić information content (AvgIpc) is 3.59. The number of rotatable bonds is 26. The van der Waals surface area contributed by atoms with Gasteiger partial charge in [-0.15, -0.1) is 0 Å². The van der Waals surface area contributed by atoms with E-state index in [4.69, 9.17) is 28.0 Å². The summed E-state index contributed by atoms with van der Waals surface area (Å²) in [4.78, 5) is 123. The molecule has 0 aliphatic carbocycles. The first-order valence-corrected chi connectivity index (χ1v) is 16.9. The van der Waals surface area contributed by atoms with Crippen LogP contribution in [0.2, 0.25) is 0 Å². The van der Waals surface area contributed by atoms with Crippen LogP contribution in [0, 0.1) is 5.92 Å². The minimum Gasteiger partial charge on any atom is -0.481 e. The highest BCUT2D eigenvalue weighted by Crippen LogP contribution is 2.10. The summed E-state index contributed by atoms with van der Waals surface area (Å²) < 4.78 is 0. The molecule has 6 unspecified atom stereocenters. The monoisotopic (exact) mass is 782 g/mol. The number of primary amides is 1. The van der Waals surface area contributed by atoms with Gasteiger partial charge in [0.2, 0.25) is 35.4 Å². The largest absolute Gasteiger partial charge is 0.481 e. The Kier molecular flexibility index (Phi) is 19.8. The van der Waals surface area contributed by atoms with Crippen LogP contribution in [0.3, 0.4) is 0 Å². The summed E-state index contributed by atoms with van der Waals surface area (Å²) in [5.41, 5.74) is 21.9. The van der Waals surface area contributed by atoms with Crippen LogP contribution in [0.4, 0.5) is 0 Å². The second-order valence-electron chi connectivity index (χ2n) is 12.8. The van der Waals surface area contributed by atoms with Crippen molar-refractivity contribution >= 4 is 59.3 Å². The summed E-state index contributed by atoms with van der Waals surface area (Å²) in [5.74, 6) is -10.9. The van der Waals surface area contributed by atoms with Crippen molar-refractivity contribution in [1.29, 1.82) is 0 Å². The zero-order chi connectivity index (χ0) is 41.8. The fraction of sp³-hybridized carbons (Fsp3) is 0.581. The van der Waals surface area contributed by atoms with Crippen molar-refractivity contribution in [2.45, 2.75) is 101 Å². The number of carbonyl (C=O) groups excluding carboxylic acids is 6. The van der Waals surface area contributed by atoms with Crippen molar-refractivity contribution in [3.8, 4) is 0 Å². The Bertz CT molecular complexity index is 1550. The summed E-state index contributed by atoms with van der Waals surface area (Å²) in [6.45, 7) is 3.40. The van der Waals surface area contributed by atoms with Gasteiger partial charge in [-0.3, -0.25) is 43.3 Å². The van der Waals surface area contributed by atoms with Crippen molar-refractivity contribution < 1.29 is 58.5 Å². The molecule has 0 spiro atoms. The average molecular weight is 783 g/mol. The van der Waals surface area contributed by atoms with Crippen LogP contribution in [0.15, 0.2) is 17.5 Å². The second kappa shape index (κ2) is 23.4. The molecule has 6 atom stereocenters. The van der Waals surface area contributed by atoms with Gasteiger partial charge in [-0.2, -0.15) is 0 Å². The van der Waals surface area contributed by atoms with E-state index in [9.17, 15) is 53.4 Å². The molecule has 0 aliphatic heterocycles. The van der Waals surface area contributed by atoms with Crippen molar-refractivity contribution in [1.82, 2.24) is 36.6 Å². The molecular weight excluding hydrogens is 732 g/mol. The molecule has 0 bridgehead atoms. The number of nitrogens with zero attached hydrogens (tertiary/aromatic N) is 2. The minimum atomic E-state index is -1.86. The maximum Gasteiger partial charge on any atom is 0.326 e. The number of H-pyrrole nitrogens is 1. The number of aliphatic imine (C=N–C) groups is 1. The predicted molar refractivity (Wildman–Crippen MR) is 190 cm³/mol. The van der Waals surface area contributed by atoms with Crippen molar-refractivity contribution in [3.05, 3.63) is 18.2 Å². The number of guanidine groups is 1. The second-order valence-corrected chi connectivity index (χ2v) is 12.8. The van der Waals surface area contributed by atoms with Gasteiger partial charge in [0, 0.05) is 31.3 Å². The van der Waals surface area contributed by atoms with E-state index < -0.39 is 102 Å². The van der Waals surface area contributed by atoms with E-state index in [-0.39, 0.29) is 56.9 Å². The predicted octanol–water partition coefficient (Wildman–Crippen LogP) is -4.90. The molecule has 55 heavy (non-hydrogen) atoms. The Morgan fingerprint density at radius 3 is 1.76 bits per heavy atom. The number of amides is 6. The molecule has 24 heteroatoms. The Labute approximate surface area is 314 Å². The number of carboxylic acid groups (broad SMARTS) is 3. The number of aliphatic carboxylic acids is 3. The van der Waals surface area contributed by atoms with Gasteiger partial charge in [0.1, 0.15) is 30.2 Å². The van der Waals surface area contributed by atoms with E-state index in [1.54, 1.807) is 13.8 Å². The van der Waals surface area contributed by atoms with Crippen LogP contribution < -0.4 is 49.5 Å². The first-order valence-electron chi connectivity index (χ1n) is 16.9.